The normalized spacial score (nSPS) is 17.5. The first-order chi connectivity index (χ1) is 12.7. The molecule has 0 atom stereocenters. The molecule has 0 unspecified atom stereocenters. The van der Waals surface area contributed by atoms with Gasteiger partial charge in [-0.2, -0.15) is 0 Å². The molecule has 0 bridgehead atoms. The minimum absolute atomic E-state index is 0.0476. The molecule has 3 N–H and O–H groups in total. The Labute approximate surface area is 152 Å². The van der Waals surface area contributed by atoms with Crippen molar-refractivity contribution in [1.82, 2.24) is 0 Å². The number of carbonyl (C=O) groups is 1. The van der Waals surface area contributed by atoms with E-state index in [-0.39, 0.29) is 11.4 Å². The third-order valence-corrected chi connectivity index (χ3v) is 5.75. The smallest absolute Gasteiger partial charge is 0.248 e. The molecule has 1 heterocycles. The molecule has 4 heteroatoms. The quantitative estimate of drug-likeness (QED) is 0.759. The molecule has 1 amide bonds. The number of rotatable bonds is 3. The van der Waals surface area contributed by atoms with E-state index in [1.807, 2.05) is 18.2 Å². The molecule has 4 nitrogen and oxygen atoms in total. The number of nitrogens with zero attached hydrogens (tertiary/aromatic N) is 1. The summed E-state index contributed by atoms with van der Waals surface area (Å²) in [6, 6.07) is 21.0. The van der Waals surface area contributed by atoms with Crippen LogP contribution in [-0.2, 0) is 5.54 Å². The molecule has 130 valence electrons. The SMILES string of the molecule is NC(=O)c1ccc2c(c1)NCCN2C1(c2cccc3ccccc23)CC1. The van der Waals surface area contributed by atoms with Gasteiger partial charge in [-0.1, -0.05) is 42.5 Å². The van der Waals surface area contributed by atoms with Crippen LogP contribution in [0.25, 0.3) is 10.8 Å². The average molecular weight is 343 g/mol. The van der Waals surface area contributed by atoms with Crippen molar-refractivity contribution in [3.05, 3.63) is 71.8 Å². The summed E-state index contributed by atoms with van der Waals surface area (Å²) in [5.74, 6) is -0.387. The van der Waals surface area contributed by atoms with Crippen LogP contribution in [0.2, 0.25) is 0 Å². The highest BCUT2D eigenvalue weighted by molar-refractivity contribution is 5.95. The maximum Gasteiger partial charge on any atom is 0.248 e. The third kappa shape index (κ3) is 2.18. The van der Waals surface area contributed by atoms with Gasteiger partial charge in [-0.05, 0) is 47.4 Å². The summed E-state index contributed by atoms with van der Waals surface area (Å²) in [5.41, 5.74) is 9.61. The van der Waals surface area contributed by atoms with Crippen LogP contribution in [0.4, 0.5) is 11.4 Å². The lowest BCUT2D eigenvalue weighted by Gasteiger charge is -2.40. The van der Waals surface area contributed by atoms with Crippen molar-refractivity contribution in [3.8, 4) is 0 Å². The molecule has 5 rings (SSSR count). The van der Waals surface area contributed by atoms with Gasteiger partial charge in [0.05, 0.1) is 16.9 Å². The molecule has 1 saturated carbocycles. The van der Waals surface area contributed by atoms with E-state index in [2.05, 4.69) is 52.7 Å². The summed E-state index contributed by atoms with van der Waals surface area (Å²) in [4.78, 5) is 14.0. The number of amides is 1. The van der Waals surface area contributed by atoms with Gasteiger partial charge in [0.15, 0.2) is 0 Å². The van der Waals surface area contributed by atoms with Gasteiger partial charge in [0, 0.05) is 18.7 Å². The Morgan fingerprint density at radius 1 is 1.04 bits per heavy atom. The van der Waals surface area contributed by atoms with E-state index in [9.17, 15) is 4.79 Å². The first-order valence-electron chi connectivity index (χ1n) is 9.13. The van der Waals surface area contributed by atoms with E-state index in [4.69, 9.17) is 5.73 Å². The molecule has 3 aromatic rings. The Hall–Kier alpha value is -3.01. The van der Waals surface area contributed by atoms with E-state index in [0.717, 1.165) is 37.3 Å². The Bertz CT molecular complexity index is 1020. The third-order valence-electron chi connectivity index (χ3n) is 5.75. The zero-order valence-corrected chi connectivity index (χ0v) is 14.5. The fourth-order valence-electron chi connectivity index (χ4n) is 4.37. The van der Waals surface area contributed by atoms with Crippen LogP contribution in [0.15, 0.2) is 60.7 Å². The van der Waals surface area contributed by atoms with Gasteiger partial charge in [-0.15, -0.1) is 0 Å². The number of primary amides is 1. The molecule has 26 heavy (non-hydrogen) atoms. The number of benzene rings is 3. The largest absolute Gasteiger partial charge is 0.382 e. The lowest BCUT2D eigenvalue weighted by Crippen LogP contribution is -2.42. The number of fused-ring (bicyclic) bond motifs is 2. The highest BCUT2D eigenvalue weighted by atomic mass is 16.1. The first kappa shape index (κ1) is 15.3. The van der Waals surface area contributed by atoms with Crippen LogP contribution in [0.5, 0.6) is 0 Å². The van der Waals surface area contributed by atoms with Crippen molar-refractivity contribution in [3.63, 3.8) is 0 Å². The number of hydrogen-bond acceptors (Lipinski definition) is 3. The van der Waals surface area contributed by atoms with Crippen molar-refractivity contribution < 1.29 is 4.79 Å². The number of carbonyl (C=O) groups excluding carboxylic acids is 1. The van der Waals surface area contributed by atoms with E-state index >= 15 is 0 Å². The van der Waals surface area contributed by atoms with E-state index in [1.165, 1.54) is 16.3 Å². The first-order valence-corrected chi connectivity index (χ1v) is 9.13. The number of anilines is 2. The molecule has 0 radical (unpaired) electrons. The van der Waals surface area contributed by atoms with Crippen LogP contribution in [0, 0.1) is 0 Å². The van der Waals surface area contributed by atoms with E-state index in [1.54, 1.807) is 0 Å². The average Bonchev–Trinajstić information content (AvgIpc) is 3.48. The van der Waals surface area contributed by atoms with Crippen molar-refractivity contribution in [2.45, 2.75) is 18.4 Å². The monoisotopic (exact) mass is 343 g/mol. The maximum absolute atomic E-state index is 11.5. The number of nitrogens with two attached hydrogens (primary N) is 1. The van der Waals surface area contributed by atoms with Gasteiger partial charge in [0.1, 0.15) is 0 Å². The Morgan fingerprint density at radius 3 is 2.65 bits per heavy atom. The van der Waals surface area contributed by atoms with Gasteiger partial charge in [-0.3, -0.25) is 4.79 Å². The van der Waals surface area contributed by atoms with Crippen LogP contribution >= 0.6 is 0 Å². The molecule has 1 fully saturated rings. The molecular formula is C22H21N3O. The topological polar surface area (TPSA) is 58.4 Å². The summed E-state index contributed by atoms with van der Waals surface area (Å²) >= 11 is 0. The second kappa shape index (κ2) is 5.49. The van der Waals surface area contributed by atoms with Crippen molar-refractivity contribution in [2.24, 2.45) is 5.73 Å². The molecular weight excluding hydrogens is 322 g/mol. The lowest BCUT2D eigenvalue weighted by molar-refractivity contribution is 0.100. The Morgan fingerprint density at radius 2 is 1.85 bits per heavy atom. The molecule has 1 aliphatic carbocycles. The summed E-state index contributed by atoms with van der Waals surface area (Å²) in [6.07, 6.45) is 2.30. The van der Waals surface area contributed by atoms with E-state index < -0.39 is 0 Å². The Kier molecular flexibility index (Phi) is 3.23. The van der Waals surface area contributed by atoms with Gasteiger partial charge in [0.2, 0.25) is 5.91 Å². The zero-order valence-electron chi connectivity index (χ0n) is 14.5. The van der Waals surface area contributed by atoms with Crippen molar-refractivity contribution in [2.75, 3.05) is 23.3 Å². The fraction of sp³-hybridized carbons (Fsp3) is 0.227. The van der Waals surface area contributed by atoms with Crippen LogP contribution in [0.3, 0.4) is 0 Å². The molecule has 0 aromatic heterocycles. The number of hydrogen-bond donors (Lipinski definition) is 2. The van der Waals surface area contributed by atoms with Gasteiger partial charge in [0.25, 0.3) is 0 Å². The highest BCUT2D eigenvalue weighted by Gasteiger charge is 2.51. The lowest BCUT2D eigenvalue weighted by atomic mass is 9.94. The van der Waals surface area contributed by atoms with Crippen LogP contribution in [0.1, 0.15) is 28.8 Å². The number of nitrogens with one attached hydrogen (secondary N) is 1. The second-order valence-corrected chi connectivity index (χ2v) is 7.23. The minimum atomic E-state index is -0.387. The molecule has 2 aliphatic rings. The molecule has 0 spiro atoms. The Balaban J connectivity index is 1.64. The predicted octanol–water partition coefficient (Wildman–Crippen LogP) is 3.86. The summed E-state index contributed by atoms with van der Waals surface area (Å²) in [7, 11) is 0. The van der Waals surface area contributed by atoms with E-state index in [0.29, 0.717) is 5.56 Å². The highest BCUT2D eigenvalue weighted by Crippen LogP contribution is 2.55. The fourth-order valence-corrected chi connectivity index (χ4v) is 4.37. The predicted molar refractivity (Wildman–Crippen MR) is 106 cm³/mol. The second-order valence-electron chi connectivity index (χ2n) is 7.23. The summed E-state index contributed by atoms with van der Waals surface area (Å²) in [5, 5.41) is 6.05. The van der Waals surface area contributed by atoms with Gasteiger partial charge < -0.3 is 16.0 Å². The van der Waals surface area contributed by atoms with Gasteiger partial charge in [-0.25, -0.2) is 0 Å². The van der Waals surface area contributed by atoms with Crippen LogP contribution < -0.4 is 16.0 Å². The maximum atomic E-state index is 11.5. The minimum Gasteiger partial charge on any atom is -0.382 e. The molecule has 3 aromatic carbocycles. The van der Waals surface area contributed by atoms with Gasteiger partial charge >= 0.3 is 0 Å². The van der Waals surface area contributed by atoms with Crippen molar-refractivity contribution >= 4 is 28.1 Å². The van der Waals surface area contributed by atoms with Crippen molar-refractivity contribution in [1.29, 1.82) is 0 Å². The zero-order chi connectivity index (χ0) is 17.7. The summed E-state index contributed by atoms with van der Waals surface area (Å²) < 4.78 is 0. The molecule has 0 saturated heterocycles. The molecule has 1 aliphatic heterocycles. The standard InChI is InChI=1S/C22H21N3O/c23-21(26)16-8-9-20-19(14-16)24-12-13-25(20)22(10-11-22)18-7-3-5-15-4-1-2-6-17(15)18/h1-9,14,24H,10-13H2,(H2,23,26). The summed E-state index contributed by atoms with van der Waals surface area (Å²) in [6.45, 7) is 1.81. The van der Waals surface area contributed by atoms with Crippen LogP contribution in [-0.4, -0.2) is 19.0 Å².